The molecule has 1 atom stereocenters. The van der Waals surface area contributed by atoms with Gasteiger partial charge in [0.1, 0.15) is 40.8 Å². The Morgan fingerprint density at radius 2 is 1.78 bits per heavy atom. The second kappa shape index (κ2) is 17.0. The van der Waals surface area contributed by atoms with Crippen LogP contribution in [0.4, 0.5) is 11.5 Å². The van der Waals surface area contributed by atoms with Crippen LogP contribution in [0.15, 0.2) is 59.5 Å². The second-order valence-corrected chi connectivity index (χ2v) is 17.3. The van der Waals surface area contributed by atoms with Crippen molar-refractivity contribution in [2.24, 2.45) is 10.8 Å². The summed E-state index contributed by atoms with van der Waals surface area (Å²) in [4.78, 5) is 68.5. The maximum atomic E-state index is 13.4. The lowest BCUT2D eigenvalue weighted by atomic mass is 9.49. The number of benzene rings is 2. The third kappa shape index (κ3) is 8.49. The first-order chi connectivity index (χ1) is 28.2. The highest BCUT2D eigenvalue weighted by Gasteiger charge is 2.64. The minimum atomic E-state index is -0.770. The molecule has 310 valence electrons. The van der Waals surface area contributed by atoms with Crippen LogP contribution in [0.1, 0.15) is 82.0 Å². The summed E-state index contributed by atoms with van der Waals surface area (Å²) in [5.41, 5.74) is 0.310. The lowest BCUT2D eigenvalue weighted by Crippen LogP contribution is -2.74. The number of piperazine rings is 1. The third-order valence-electron chi connectivity index (χ3n) is 12.1. The highest BCUT2D eigenvalue weighted by molar-refractivity contribution is 6.33. The Morgan fingerprint density at radius 3 is 2.46 bits per heavy atom. The molecule has 1 unspecified atom stereocenters. The molecule has 3 aliphatic rings. The summed E-state index contributed by atoms with van der Waals surface area (Å²) in [6.45, 7) is 22.3. The number of hydrogen-bond donors (Lipinski definition) is 2. The van der Waals surface area contributed by atoms with E-state index in [1.54, 1.807) is 43.5 Å². The van der Waals surface area contributed by atoms with Crippen LogP contribution < -0.4 is 30.6 Å². The van der Waals surface area contributed by atoms with Crippen LogP contribution in [0.25, 0.3) is 15.7 Å². The first-order valence-corrected chi connectivity index (χ1v) is 20.6. The number of nitrogens with one attached hydrogen (secondary N) is 2. The number of anilines is 1. The fraction of sp³-hybridized carbons (Fsp3) is 0.477. The number of hydrogen-bond acceptors (Lipinski definition) is 10. The molecule has 1 saturated carbocycles. The molecular formula is C44H51ClN8O6. The van der Waals surface area contributed by atoms with E-state index in [2.05, 4.69) is 62.9 Å². The fourth-order valence-electron chi connectivity index (χ4n) is 9.22. The molecule has 15 heteroatoms. The molecule has 2 saturated heterocycles. The molecule has 59 heavy (non-hydrogen) atoms. The number of para-hydroxylation sites is 1. The van der Waals surface area contributed by atoms with Gasteiger partial charge in [0.05, 0.1) is 29.2 Å². The molecule has 2 aliphatic heterocycles. The molecule has 14 nitrogen and oxygen atoms in total. The van der Waals surface area contributed by atoms with Gasteiger partial charge in [-0.2, -0.15) is 0 Å². The van der Waals surface area contributed by atoms with Gasteiger partial charge in [0.25, 0.3) is 11.5 Å². The van der Waals surface area contributed by atoms with Crippen molar-refractivity contribution in [3.8, 4) is 11.5 Å². The van der Waals surface area contributed by atoms with Gasteiger partial charge < -0.3 is 19.7 Å². The summed E-state index contributed by atoms with van der Waals surface area (Å²) < 4.78 is 13.9. The predicted molar refractivity (Wildman–Crippen MR) is 225 cm³/mol. The zero-order valence-corrected chi connectivity index (χ0v) is 35.0. The van der Waals surface area contributed by atoms with Crippen molar-refractivity contribution in [2.45, 2.75) is 84.9 Å². The van der Waals surface area contributed by atoms with Crippen LogP contribution in [0.5, 0.6) is 11.5 Å². The number of aryl methyl sites for hydroxylation is 1. The van der Waals surface area contributed by atoms with E-state index in [9.17, 15) is 19.2 Å². The van der Waals surface area contributed by atoms with Gasteiger partial charge in [0.2, 0.25) is 17.5 Å². The van der Waals surface area contributed by atoms with Crippen molar-refractivity contribution in [3.63, 3.8) is 0 Å². The Bertz CT molecular complexity index is 2330. The lowest BCUT2D eigenvalue weighted by molar-refractivity contribution is -0.164. The van der Waals surface area contributed by atoms with Gasteiger partial charge in [0, 0.05) is 55.7 Å². The van der Waals surface area contributed by atoms with Crippen molar-refractivity contribution in [1.82, 2.24) is 30.1 Å². The van der Waals surface area contributed by atoms with E-state index in [1.165, 1.54) is 4.57 Å². The zero-order valence-electron chi connectivity index (χ0n) is 34.2. The molecule has 3 fully saturated rings. The van der Waals surface area contributed by atoms with Crippen LogP contribution >= 0.6 is 11.6 Å². The van der Waals surface area contributed by atoms with Crippen molar-refractivity contribution < 1.29 is 23.9 Å². The smallest absolute Gasteiger partial charge is 0.262 e. The van der Waals surface area contributed by atoms with Crippen molar-refractivity contribution in [1.29, 1.82) is 0 Å². The average Bonchev–Trinajstić information content (AvgIpc) is 3.21. The highest BCUT2D eigenvalue weighted by atomic mass is 35.5. The summed E-state index contributed by atoms with van der Waals surface area (Å²) in [6.07, 6.45) is 4.77. The quantitative estimate of drug-likeness (QED) is 0.0898. The van der Waals surface area contributed by atoms with Gasteiger partial charge in [-0.15, -0.1) is 0 Å². The fourth-order valence-corrected chi connectivity index (χ4v) is 9.43. The Hall–Kier alpha value is -5.52. The Labute approximate surface area is 349 Å². The predicted octanol–water partition coefficient (Wildman–Crippen LogP) is 6.27. The SMILES string of the molecule is [C-]#[N+]c1ccc(OC2C(C)(C)C(NC(=O)c3ccc(N4CCN(CCCCCOc5cccc6c(=O)n(C7CCC(=O)NC7=O)c(C)nc56)CC4)nc3)C2(C)C)cc1Cl. The number of carbonyl (C=O) groups is 3. The molecular weight excluding hydrogens is 772 g/mol. The summed E-state index contributed by atoms with van der Waals surface area (Å²) in [5.74, 6) is 1.40. The Morgan fingerprint density at radius 1 is 1.02 bits per heavy atom. The number of ether oxygens (including phenoxy) is 2. The maximum Gasteiger partial charge on any atom is 0.262 e. The largest absolute Gasteiger partial charge is 0.491 e. The summed E-state index contributed by atoms with van der Waals surface area (Å²) in [6, 6.07) is 13.2. The minimum Gasteiger partial charge on any atom is -0.491 e. The van der Waals surface area contributed by atoms with Gasteiger partial charge in [-0.25, -0.2) is 14.8 Å². The van der Waals surface area contributed by atoms with Gasteiger partial charge in [-0.3, -0.25) is 34.0 Å². The summed E-state index contributed by atoms with van der Waals surface area (Å²) >= 11 is 6.25. The number of pyridine rings is 1. The number of carbonyl (C=O) groups excluding carboxylic acids is 3. The molecule has 0 radical (unpaired) electrons. The normalized spacial score (nSPS) is 21.3. The number of piperidine rings is 1. The van der Waals surface area contributed by atoms with Crippen LogP contribution in [-0.4, -0.2) is 88.6 Å². The van der Waals surface area contributed by atoms with E-state index >= 15 is 0 Å². The number of halogens is 1. The molecule has 0 spiro atoms. The molecule has 2 aromatic heterocycles. The molecule has 1 aliphatic carbocycles. The molecule has 3 amide bonds. The standard InChI is InChI=1S/C44H51ClN8O6/c1-27-48-37-30(40(57)53(27)33-16-18-36(54)49-39(33)56)11-10-12-34(37)58-24-9-7-8-19-51-20-22-52(23-21-51)35-17-13-28(26-47-35)38(55)50-41-43(2,3)42(44(41,4)5)59-29-14-15-32(46-6)31(45)25-29/h10-15,17,25-26,33,41-42H,7-9,16,18-24H2,1-5H3,(H,50,55)(H,49,54,56). The number of imide groups is 1. The second-order valence-electron chi connectivity index (χ2n) is 16.9. The summed E-state index contributed by atoms with van der Waals surface area (Å²) in [7, 11) is 0. The number of fused-ring (bicyclic) bond motifs is 1. The van der Waals surface area contributed by atoms with Crippen LogP contribution in [0, 0.1) is 24.3 Å². The zero-order chi connectivity index (χ0) is 42.1. The van der Waals surface area contributed by atoms with Crippen molar-refractivity contribution in [2.75, 3.05) is 44.2 Å². The van der Waals surface area contributed by atoms with Crippen LogP contribution in [0.3, 0.4) is 0 Å². The van der Waals surface area contributed by atoms with Crippen molar-refractivity contribution in [3.05, 3.63) is 92.9 Å². The van der Waals surface area contributed by atoms with Gasteiger partial charge in [-0.1, -0.05) is 51.4 Å². The van der Waals surface area contributed by atoms with Gasteiger partial charge in [0.15, 0.2) is 0 Å². The molecule has 0 bridgehead atoms. The Balaban J connectivity index is 0.833. The van der Waals surface area contributed by atoms with E-state index in [0.717, 1.165) is 57.8 Å². The van der Waals surface area contributed by atoms with Crippen LogP contribution in [-0.2, 0) is 9.59 Å². The number of amides is 3. The molecule has 2 N–H and O–H groups in total. The number of aromatic nitrogens is 3. The highest BCUT2D eigenvalue weighted by Crippen LogP contribution is 2.55. The maximum absolute atomic E-state index is 13.4. The third-order valence-corrected chi connectivity index (χ3v) is 12.4. The van der Waals surface area contributed by atoms with E-state index in [0.29, 0.717) is 51.1 Å². The van der Waals surface area contributed by atoms with E-state index in [-0.39, 0.29) is 53.2 Å². The lowest BCUT2D eigenvalue weighted by Gasteiger charge is -2.63. The average molecular weight is 823 g/mol. The number of rotatable bonds is 13. The van der Waals surface area contributed by atoms with Gasteiger partial charge >= 0.3 is 0 Å². The first kappa shape index (κ1) is 41.6. The molecule has 4 heterocycles. The molecule has 7 rings (SSSR count). The first-order valence-electron chi connectivity index (χ1n) is 20.2. The minimum absolute atomic E-state index is 0.146. The monoisotopic (exact) mass is 822 g/mol. The molecule has 2 aromatic carbocycles. The van der Waals surface area contributed by atoms with E-state index in [1.807, 2.05) is 18.2 Å². The molecule has 4 aromatic rings. The summed E-state index contributed by atoms with van der Waals surface area (Å²) in [5, 5.41) is 6.29. The van der Waals surface area contributed by atoms with E-state index < -0.39 is 11.9 Å². The van der Waals surface area contributed by atoms with Crippen LogP contribution in [0.2, 0.25) is 5.02 Å². The Kier molecular flexibility index (Phi) is 12.0. The number of unbranched alkanes of at least 4 members (excludes halogenated alkanes) is 2. The van der Waals surface area contributed by atoms with Crippen molar-refractivity contribution >= 4 is 51.7 Å². The van der Waals surface area contributed by atoms with Gasteiger partial charge in [-0.05, 0) is 75.5 Å². The topological polar surface area (TPSA) is 152 Å². The van der Waals surface area contributed by atoms with E-state index in [4.69, 9.17) is 27.6 Å². The number of nitrogens with zero attached hydrogens (tertiary/aromatic N) is 6.